The van der Waals surface area contributed by atoms with Crippen molar-refractivity contribution in [3.05, 3.63) is 29.8 Å². The molecule has 1 aliphatic rings. The van der Waals surface area contributed by atoms with Crippen LogP contribution in [0.5, 0.6) is 0 Å². The first-order chi connectivity index (χ1) is 6.88. The summed E-state index contributed by atoms with van der Waals surface area (Å²) in [5, 5.41) is 3.49. The molecule has 1 saturated heterocycles. The van der Waals surface area contributed by atoms with Gasteiger partial charge in [0, 0.05) is 12.3 Å². The lowest BCUT2D eigenvalue weighted by atomic mass is 10.1. The molecule has 0 bridgehead atoms. The lowest BCUT2D eigenvalue weighted by molar-refractivity contribution is 0.195. The van der Waals surface area contributed by atoms with E-state index in [0.29, 0.717) is 6.04 Å². The van der Waals surface area contributed by atoms with Gasteiger partial charge >= 0.3 is 0 Å². The number of ether oxygens (including phenoxy) is 1. The molecule has 0 saturated carbocycles. The number of nitrogens with one attached hydrogen (secondary N) is 1. The first-order valence-electron chi connectivity index (χ1n) is 5.31. The van der Waals surface area contributed by atoms with Crippen LogP contribution in [0.15, 0.2) is 24.3 Å². The summed E-state index contributed by atoms with van der Waals surface area (Å²) < 4.78 is 5.32. The lowest BCUT2D eigenvalue weighted by Crippen LogP contribution is -2.18. The van der Waals surface area contributed by atoms with E-state index < -0.39 is 0 Å². The summed E-state index contributed by atoms with van der Waals surface area (Å²) in [5.41, 5.74) is 2.61. The average molecular weight is 191 g/mol. The zero-order valence-electron chi connectivity index (χ0n) is 8.62. The van der Waals surface area contributed by atoms with E-state index in [-0.39, 0.29) is 0 Å². The van der Waals surface area contributed by atoms with Gasteiger partial charge in [0.1, 0.15) is 0 Å². The van der Waals surface area contributed by atoms with Crippen LogP contribution in [0.4, 0.5) is 5.69 Å². The summed E-state index contributed by atoms with van der Waals surface area (Å²) in [5.74, 6) is 0. The maximum Gasteiger partial charge on any atom is 0.0668 e. The summed E-state index contributed by atoms with van der Waals surface area (Å²) in [6.45, 7) is 3.92. The van der Waals surface area contributed by atoms with Crippen molar-refractivity contribution in [3.8, 4) is 0 Å². The molecule has 1 atom stereocenters. The Bertz CT molecular complexity index is 292. The first-order valence-corrected chi connectivity index (χ1v) is 5.31. The summed E-state index contributed by atoms with van der Waals surface area (Å²) in [4.78, 5) is 0. The first kappa shape index (κ1) is 9.53. The Morgan fingerprint density at radius 1 is 1.50 bits per heavy atom. The van der Waals surface area contributed by atoms with E-state index in [2.05, 4.69) is 36.5 Å². The summed E-state index contributed by atoms with van der Waals surface area (Å²) >= 11 is 0. The molecule has 1 unspecified atom stereocenters. The van der Waals surface area contributed by atoms with Crippen LogP contribution in [-0.2, 0) is 11.2 Å². The molecule has 1 fully saturated rings. The van der Waals surface area contributed by atoms with E-state index in [1.807, 2.05) is 0 Å². The third-order valence-electron chi connectivity index (χ3n) is 2.64. The number of benzene rings is 1. The highest BCUT2D eigenvalue weighted by molar-refractivity contribution is 5.46. The van der Waals surface area contributed by atoms with Crippen molar-refractivity contribution in [1.29, 1.82) is 0 Å². The molecule has 0 amide bonds. The molecule has 1 aliphatic heterocycles. The monoisotopic (exact) mass is 191 g/mol. The fraction of sp³-hybridized carbons (Fsp3) is 0.500. The lowest BCUT2D eigenvalue weighted by Gasteiger charge is -2.12. The number of aryl methyl sites for hydroxylation is 1. The minimum absolute atomic E-state index is 0.502. The second-order valence-corrected chi connectivity index (χ2v) is 3.76. The van der Waals surface area contributed by atoms with E-state index in [9.17, 15) is 0 Å². The van der Waals surface area contributed by atoms with Crippen LogP contribution >= 0.6 is 0 Å². The molecule has 1 heterocycles. The van der Waals surface area contributed by atoms with Crippen LogP contribution in [0.1, 0.15) is 18.9 Å². The van der Waals surface area contributed by atoms with Crippen molar-refractivity contribution in [2.45, 2.75) is 25.8 Å². The quantitative estimate of drug-likeness (QED) is 0.792. The van der Waals surface area contributed by atoms with Crippen molar-refractivity contribution in [2.75, 3.05) is 18.5 Å². The number of hydrogen-bond acceptors (Lipinski definition) is 2. The second-order valence-electron chi connectivity index (χ2n) is 3.76. The highest BCUT2D eigenvalue weighted by Gasteiger charge is 2.14. The van der Waals surface area contributed by atoms with Gasteiger partial charge in [-0.25, -0.2) is 0 Å². The van der Waals surface area contributed by atoms with E-state index in [1.165, 1.54) is 11.3 Å². The SMILES string of the molecule is CCc1cccc(NC2CCOC2)c1. The molecule has 2 heteroatoms. The molecule has 0 aliphatic carbocycles. The fourth-order valence-electron chi connectivity index (χ4n) is 1.77. The van der Waals surface area contributed by atoms with Crippen LogP contribution in [0.3, 0.4) is 0 Å². The number of rotatable bonds is 3. The second kappa shape index (κ2) is 4.47. The zero-order chi connectivity index (χ0) is 9.80. The van der Waals surface area contributed by atoms with Gasteiger partial charge in [-0.2, -0.15) is 0 Å². The fourth-order valence-corrected chi connectivity index (χ4v) is 1.77. The third kappa shape index (κ3) is 2.26. The summed E-state index contributed by atoms with van der Waals surface area (Å²) in [6, 6.07) is 9.12. The smallest absolute Gasteiger partial charge is 0.0668 e. The average Bonchev–Trinajstić information content (AvgIpc) is 2.71. The Balaban J connectivity index is 2.00. The molecule has 0 aromatic heterocycles. The van der Waals surface area contributed by atoms with Crippen LogP contribution in [0, 0.1) is 0 Å². The van der Waals surface area contributed by atoms with E-state index >= 15 is 0 Å². The normalized spacial score (nSPS) is 21.1. The highest BCUT2D eigenvalue weighted by Crippen LogP contribution is 2.15. The van der Waals surface area contributed by atoms with Crippen molar-refractivity contribution >= 4 is 5.69 Å². The molecule has 2 nitrogen and oxygen atoms in total. The predicted octanol–water partition coefficient (Wildman–Crippen LogP) is 2.45. The standard InChI is InChI=1S/C12H17NO/c1-2-10-4-3-5-11(8-10)13-12-6-7-14-9-12/h3-5,8,12-13H,2,6-7,9H2,1H3. The van der Waals surface area contributed by atoms with E-state index in [1.54, 1.807) is 0 Å². The van der Waals surface area contributed by atoms with Gasteiger partial charge < -0.3 is 10.1 Å². The van der Waals surface area contributed by atoms with Gasteiger partial charge in [-0.1, -0.05) is 19.1 Å². The minimum Gasteiger partial charge on any atom is -0.380 e. The van der Waals surface area contributed by atoms with Gasteiger partial charge in [0.15, 0.2) is 0 Å². The van der Waals surface area contributed by atoms with Crippen molar-refractivity contribution in [1.82, 2.24) is 0 Å². The molecule has 1 N–H and O–H groups in total. The van der Waals surface area contributed by atoms with Crippen molar-refractivity contribution < 1.29 is 4.74 Å². The summed E-state index contributed by atoms with van der Waals surface area (Å²) in [7, 11) is 0. The molecule has 0 radical (unpaired) electrons. The van der Waals surface area contributed by atoms with E-state index in [0.717, 1.165) is 26.1 Å². The topological polar surface area (TPSA) is 21.3 Å². The van der Waals surface area contributed by atoms with Gasteiger partial charge in [-0.3, -0.25) is 0 Å². The molecule has 2 rings (SSSR count). The summed E-state index contributed by atoms with van der Waals surface area (Å²) in [6.07, 6.45) is 2.22. The van der Waals surface area contributed by atoms with Gasteiger partial charge in [0.05, 0.1) is 12.6 Å². The Kier molecular flexibility index (Phi) is 3.04. The number of hydrogen-bond donors (Lipinski definition) is 1. The van der Waals surface area contributed by atoms with Crippen LogP contribution < -0.4 is 5.32 Å². The highest BCUT2D eigenvalue weighted by atomic mass is 16.5. The maximum absolute atomic E-state index is 5.32. The van der Waals surface area contributed by atoms with Gasteiger partial charge in [0.2, 0.25) is 0 Å². The molecular formula is C12H17NO. The van der Waals surface area contributed by atoms with Crippen LogP contribution in [-0.4, -0.2) is 19.3 Å². The Morgan fingerprint density at radius 3 is 3.14 bits per heavy atom. The number of anilines is 1. The largest absolute Gasteiger partial charge is 0.380 e. The molecule has 1 aromatic carbocycles. The third-order valence-corrected chi connectivity index (χ3v) is 2.64. The van der Waals surface area contributed by atoms with E-state index in [4.69, 9.17) is 4.74 Å². The molecule has 0 spiro atoms. The van der Waals surface area contributed by atoms with Crippen LogP contribution in [0.25, 0.3) is 0 Å². The predicted molar refractivity (Wildman–Crippen MR) is 58.7 cm³/mol. The zero-order valence-corrected chi connectivity index (χ0v) is 8.62. The maximum atomic E-state index is 5.32. The Hall–Kier alpha value is -1.02. The Labute approximate surface area is 85.3 Å². The van der Waals surface area contributed by atoms with Crippen molar-refractivity contribution in [3.63, 3.8) is 0 Å². The molecule has 14 heavy (non-hydrogen) atoms. The molecular weight excluding hydrogens is 174 g/mol. The minimum atomic E-state index is 0.502. The van der Waals surface area contributed by atoms with Gasteiger partial charge in [0.25, 0.3) is 0 Å². The molecule has 1 aromatic rings. The van der Waals surface area contributed by atoms with Gasteiger partial charge in [-0.15, -0.1) is 0 Å². The molecule has 76 valence electrons. The van der Waals surface area contributed by atoms with Crippen molar-refractivity contribution in [2.24, 2.45) is 0 Å². The Morgan fingerprint density at radius 2 is 2.43 bits per heavy atom. The van der Waals surface area contributed by atoms with Crippen LogP contribution in [0.2, 0.25) is 0 Å². The van der Waals surface area contributed by atoms with Gasteiger partial charge in [-0.05, 0) is 30.5 Å².